The Morgan fingerprint density at radius 2 is 1.88 bits per heavy atom. The van der Waals surface area contributed by atoms with Gasteiger partial charge in [0.05, 0.1) is 17.9 Å². The Bertz CT molecular complexity index is 402. The Morgan fingerprint density at radius 3 is 2.41 bits per heavy atom. The summed E-state index contributed by atoms with van der Waals surface area (Å²) < 4.78 is 11.6. The fourth-order valence-electron chi connectivity index (χ4n) is 2.85. The molecule has 92 valence electrons. The van der Waals surface area contributed by atoms with Crippen LogP contribution >= 0.6 is 0 Å². The number of rotatable bonds is 1. The number of ether oxygens (including phenoxy) is 2. The third kappa shape index (κ3) is 1.86. The summed E-state index contributed by atoms with van der Waals surface area (Å²) in [5, 5.41) is 10.6. The predicted octanol–water partition coefficient (Wildman–Crippen LogP) is 1.58. The molecule has 0 unspecified atom stereocenters. The van der Waals surface area contributed by atoms with Crippen molar-refractivity contribution < 1.29 is 14.6 Å². The standard InChI is InChI=1S/C13H17NO3/c1-12(2)16-9-7-13(15,8-10(9)17-12)11-5-3-4-6-14-11/h3-6,9-10,15H,7-8H2,1-2H3/t9-,10+,13+. The summed E-state index contributed by atoms with van der Waals surface area (Å²) in [6.07, 6.45) is 2.75. The smallest absolute Gasteiger partial charge is 0.163 e. The molecule has 0 radical (unpaired) electrons. The average Bonchev–Trinajstić information content (AvgIpc) is 2.69. The van der Waals surface area contributed by atoms with Crippen molar-refractivity contribution in [2.75, 3.05) is 0 Å². The van der Waals surface area contributed by atoms with Crippen LogP contribution in [-0.4, -0.2) is 28.1 Å². The van der Waals surface area contributed by atoms with Crippen LogP contribution in [-0.2, 0) is 15.1 Å². The Morgan fingerprint density at radius 1 is 1.24 bits per heavy atom. The van der Waals surface area contributed by atoms with E-state index in [1.807, 2.05) is 32.0 Å². The highest BCUT2D eigenvalue weighted by Crippen LogP contribution is 2.46. The van der Waals surface area contributed by atoms with E-state index in [0.29, 0.717) is 18.5 Å². The van der Waals surface area contributed by atoms with Crippen LogP contribution in [0.15, 0.2) is 24.4 Å². The maximum atomic E-state index is 10.6. The maximum absolute atomic E-state index is 10.6. The first-order chi connectivity index (χ1) is 7.99. The molecule has 17 heavy (non-hydrogen) atoms. The van der Waals surface area contributed by atoms with E-state index in [4.69, 9.17) is 9.47 Å². The van der Waals surface area contributed by atoms with E-state index in [-0.39, 0.29) is 12.2 Å². The van der Waals surface area contributed by atoms with Gasteiger partial charge in [-0.05, 0) is 26.0 Å². The first-order valence-corrected chi connectivity index (χ1v) is 5.98. The summed E-state index contributed by atoms with van der Waals surface area (Å²) >= 11 is 0. The van der Waals surface area contributed by atoms with Gasteiger partial charge < -0.3 is 14.6 Å². The van der Waals surface area contributed by atoms with Crippen LogP contribution in [0, 0.1) is 0 Å². The van der Waals surface area contributed by atoms with Gasteiger partial charge in [0.2, 0.25) is 0 Å². The molecule has 1 aromatic rings. The monoisotopic (exact) mass is 235 g/mol. The van der Waals surface area contributed by atoms with Crippen molar-refractivity contribution >= 4 is 0 Å². The second-order valence-corrected chi connectivity index (χ2v) is 5.37. The fourth-order valence-corrected chi connectivity index (χ4v) is 2.85. The number of pyridine rings is 1. The molecule has 1 N–H and O–H groups in total. The quantitative estimate of drug-likeness (QED) is 0.803. The largest absolute Gasteiger partial charge is 0.383 e. The summed E-state index contributed by atoms with van der Waals surface area (Å²) in [7, 11) is 0. The van der Waals surface area contributed by atoms with Gasteiger partial charge in [-0.15, -0.1) is 0 Å². The number of nitrogens with zero attached hydrogens (tertiary/aromatic N) is 1. The minimum absolute atomic E-state index is 0.0305. The van der Waals surface area contributed by atoms with Gasteiger partial charge in [-0.1, -0.05) is 6.07 Å². The summed E-state index contributed by atoms with van der Waals surface area (Å²) in [5.74, 6) is -0.527. The van der Waals surface area contributed by atoms with Crippen molar-refractivity contribution in [3.8, 4) is 0 Å². The van der Waals surface area contributed by atoms with Crippen LogP contribution in [0.3, 0.4) is 0 Å². The third-order valence-electron chi connectivity index (χ3n) is 3.50. The Kier molecular flexibility index (Phi) is 2.30. The van der Waals surface area contributed by atoms with E-state index in [9.17, 15) is 5.11 Å². The highest BCUT2D eigenvalue weighted by atomic mass is 16.8. The second kappa shape index (κ2) is 3.51. The first kappa shape index (κ1) is 11.1. The van der Waals surface area contributed by atoms with Gasteiger partial charge in [-0.25, -0.2) is 0 Å². The molecule has 3 atom stereocenters. The molecule has 0 amide bonds. The summed E-state index contributed by atoms with van der Waals surface area (Å²) in [4.78, 5) is 4.24. The van der Waals surface area contributed by atoms with Gasteiger partial charge in [0.15, 0.2) is 5.79 Å². The molecule has 0 bridgehead atoms. The lowest BCUT2D eigenvalue weighted by Gasteiger charge is -2.26. The first-order valence-electron chi connectivity index (χ1n) is 5.98. The molecule has 2 heterocycles. The summed E-state index contributed by atoms with van der Waals surface area (Å²) in [6, 6.07) is 5.59. The lowest BCUT2D eigenvalue weighted by atomic mass is 9.97. The van der Waals surface area contributed by atoms with Crippen LogP contribution < -0.4 is 0 Å². The second-order valence-electron chi connectivity index (χ2n) is 5.37. The predicted molar refractivity (Wildman–Crippen MR) is 61.2 cm³/mol. The van der Waals surface area contributed by atoms with Gasteiger partial charge >= 0.3 is 0 Å². The highest BCUT2D eigenvalue weighted by Gasteiger charge is 2.54. The van der Waals surface area contributed by atoms with E-state index in [0.717, 1.165) is 0 Å². The van der Waals surface area contributed by atoms with E-state index < -0.39 is 11.4 Å². The fraction of sp³-hybridized carbons (Fsp3) is 0.615. The SMILES string of the molecule is CC1(C)O[C@H]2C[C@](O)(c3ccccn3)C[C@H]2O1. The molecule has 0 spiro atoms. The van der Waals surface area contributed by atoms with Crippen LogP contribution in [0.5, 0.6) is 0 Å². The summed E-state index contributed by atoms with van der Waals surface area (Å²) in [5.41, 5.74) is -0.202. The van der Waals surface area contributed by atoms with Crippen molar-refractivity contribution in [2.45, 2.75) is 50.3 Å². The molecule has 1 saturated carbocycles. The van der Waals surface area contributed by atoms with Crippen molar-refractivity contribution in [2.24, 2.45) is 0 Å². The number of hydrogen-bond acceptors (Lipinski definition) is 4. The molecule has 4 nitrogen and oxygen atoms in total. The molecule has 0 aromatic carbocycles. The van der Waals surface area contributed by atoms with E-state index in [2.05, 4.69) is 4.98 Å². The highest BCUT2D eigenvalue weighted by molar-refractivity contribution is 5.17. The molecule has 1 saturated heterocycles. The number of hydrogen-bond donors (Lipinski definition) is 1. The lowest BCUT2D eigenvalue weighted by Crippen LogP contribution is -2.29. The average molecular weight is 235 g/mol. The minimum atomic E-state index is -0.910. The van der Waals surface area contributed by atoms with Gasteiger partial charge in [-0.3, -0.25) is 4.98 Å². The van der Waals surface area contributed by atoms with Gasteiger partial charge in [0.25, 0.3) is 0 Å². The normalized spacial score (nSPS) is 39.2. The number of aliphatic hydroxyl groups is 1. The van der Waals surface area contributed by atoms with E-state index in [1.165, 1.54) is 0 Å². The summed E-state index contributed by atoms with van der Waals surface area (Å²) in [6.45, 7) is 3.82. The van der Waals surface area contributed by atoms with Gasteiger partial charge in [-0.2, -0.15) is 0 Å². The Hall–Kier alpha value is -0.970. The van der Waals surface area contributed by atoms with Gasteiger partial charge in [0, 0.05) is 19.0 Å². The molecule has 2 aliphatic rings. The Balaban J connectivity index is 1.82. The number of aromatic nitrogens is 1. The number of fused-ring (bicyclic) bond motifs is 1. The van der Waals surface area contributed by atoms with Crippen LogP contribution in [0.2, 0.25) is 0 Å². The van der Waals surface area contributed by atoms with Crippen LogP contribution in [0.1, 0.15) is 32.4 Å². The zero-order chi connectivity index (χ0) is 12.1. The molecule has 1 aliphatic carbocycles. The molecule has 3 rings (SSSR count). The van der Waals surface area contributed by atoms with E-state index >= 15 is 0 Å². The molecule has 4 heteroatoms. The molecule has 2 fully saturated rings. The molecule has 1 aliphatic heterocycles. The van der Waals surface area contributed by atoms with Crippen LogP contribution in [0.25, 0.3) is 0 Å². The molecular formula is C13H17NO3. The zero-order valence-corrected chi connectivity index (χ0v) is 10.1. The lowest BCUT2D eigenvalue weighted by molar-refractivity contribution is -0.166. The topological polar surface area (TPSA) is 51.6 Å². The molecule has 1 aromatic heterocycles. The Labute approximate surface area is 101 Å². The molecular weight excluding hydrogens is 218 g/mol. The van der Waals surface area contributed by atoms with Crippen molar-refractivity contribution in [1.29, 1.82) is 0 Å². The van der Waals surface area contributed by atoms with Gasteiger partial charge in [0.1, 0.15) is 5.60 Å². The van der Waals surface area contributed by atoms with Crippen molar-refractivity contribution in [3.05, 3.63) is 30.1 Å². The van der Waals surface area contributed by atoms with Crippen molar-refractivity contribution in [1.82, 2.24) is 4.98 Å². The van der Waals surface area contributed by atoms with E-state index in [1.54, 1.807) is 6.20 Å². The zero-order valence-electron chi connectivity index (χ0n) is 10.1. The maximum Gasteiger partial charge on any atom is 0.163 e. The third-order valence-corrected chi connectivity index (χ3v) is 3.50. The van der Waals surface area contributed by atoms with Crippen LogP contribution in [0.4, 0.5) is 0 Å². The minimum Gasteiger partial charge on any atom is -0.383 e. The van der Waals surface area contributed by atoms with Crippen molar-refractivity contribution in [3.63, 3.8) is 0 Å².